The van der Waals surface area contributed by atoms with E-state index in [0.717, 1.165) is 17.6 Å². The Morgan fingerprint density at radius 1 is 0.824 bits per heavy atom. The van der Waals surface area contributed by atoms with Crippen LogP contribution in [0.25, 0.3) is 0 Å². The van der Waals surface area contributed by atoms with E-state index < -0.39 is 0 Å². The van der Waals surface area contributed by atoms with Gasteiger partial charge in [0.25, 0.3) is 0 Å². The highest BCUT2D eigenvalue weighted by molar-refractivity contribution is 5.42. The zero-order valence-electron chi connectivity index (χ0n) is 10.6. The van der Waals surface area contributed by atoms with Gasteiger partial charge in [0, 0.05) is 5.56 Å². The molecule has 2 aromatic carbocycles. The van der Waals surface area contributed by atoms with Crippen LogP contribution in [-0.2, 0) is 6.54 Å². The largest absolute Gasteiger partial charge is 0.290 e. The summed E-state index contributed by atoms with van der Waals surface area (Å²) in [5.74, 6) is 0. The standard InChI is InChI=1S/C16H20N/c1-3-17(2,16-12-8-5-9-13-16)14-15-10-6-4-7-11-15/h4-13H,3,14H2,1-2H3/q+1. The van der Waals surface area contributed by atoms with Crippen LogP contribution in [0.5, 0.6) is 0 Å². The molecule has 2 aromatic rings. The minimum Gasteiger partial charge on any atom is -0.290 e. The molecule has 0 fully saturated rings. The summed E-state index contributed by atoms with van der Waals surface area (Å²) in [5.41, 5.74) is 2.76. The van der Waals surface area contributed by atoms with E-state index in [1.165, 1.54) is 11.3 Å². The van der Waals surface area contributed by atoms with Crippen molar-refractivity contribution in [1.29, 1.82) is 0 Å². The van der Waals surface area contributed by atoms with Gasteiger partial charge in [-0.1, -0.05) is 48.5 Å². The van der Waals surface area contributed by atoms with Crippen LogP contribution < -0.4 is 4.48 Å². The Bertz CT molecular complexity index is 449. The summed E-state index contributed by atoms with van der Waals surface area (Å²) >= 11 is 0. The van der Waals surface area contributed by atoms with E-state index in [4.69, 9.17) is 0 Å². The number of quaternary nitrogens is 1. The van der Waals surface area contributed by atoms with E-state index in [0.29, 0.717) is 0 Å². The molecule has 0 amide bonds. The van der Waals surface area contributed by atoms with Gasteiger partial charge >= 0.3 is 0 Å². The molecule has 0 saturated carbocycles. The van der Waals surface area contributed by atoms with Crippen molar-refractivity contribution < 1.29 is 0 Å². The summed E-state index contributed by atoms with van der Waals surface area (Å²) in [5, 5.41) is 0. The Morgan fingerprint density at radius 3 is 1.88 bits per heavy atom. The topological polar surface area (TPSA) is 0 Å². The number of hydrogen-bond acceptors (Lipinski definition) is 0. The van der Waals surface area contributed by atoms with Crippen LogP contribution in [0.3, 0.4) is 0 Å². The molecule has 2 rings (SSSR count). The van der Waals surface area contributed by atoms with Gasteiger partial charge in [-0.25, -0.2) is 0 Å². The van der Waals surface area contributed by atoms with Crippen molar-refractivity contribution in [3.63, 3.8) is 0 Å². The first-order valence-corrected chi connectivity index (χ1v) is 6.19. The molecule has 0 saturated heterocycles. The molecule has 0 aliphatic carbocycles. The van der Waals surface area contributed by atoms with Crippen molar-refractivity contribution >= 4 is 5.69 Å². The number of para-hydroxylation sites is 1. The second-order valence-electron chi connectivity index (χ2n) is 4.69. The van der Waals surface area contributed by atoms with Crippen LogP contribution in [0.1, 0.15) is 12.5 Å². The van der Waals surface area contributed by atoms with Crippen molar-refractivity contribution in [3.8, 4) is 0 Å². The normalized spacial score (nSPS) is 14.2. The number of hydrogen-bond donors (Lipinski definition) is 0. The molecule has 1 unspecified atom stereocenters. The Morgan fingerprint density at radius 2 is 1.35 bits per heavy atom. The summed E-state index contributed by atoms with van der Waals surface area (Å²) < 4.78 is 0.949. The lowest BCUT2D eigenvalue weighted by atomic mass is 10.1. The van der Waals surface area contributed by atoms with Gasteiger partial charge in [0.2, 0.25) is 0 Å². The van der Waals surface area contributed by atoms with Crippen molar-refractivity contribution in [2.75, 3.05) is 13.6 Å². The van der Waals surface area contributed by atoms with Gasteiger partial charge in [-0.2, -0.15) is 0 Å². The summed E-state index contributed by atoms with van der Waals surface area (Å²) in [6, 6.07) is 21.4. The van der Waals surface area contributed by atoms with E-state index in [2.05, 4.69) is 74.6 Å². The van der Waals surface area contributed by atoms with Gasteiger partial charge in [0.1, 0.15) is 12.2 Å². The third kappa shape index (κ3) is 2.75. The molecule has 0 aliphatic heterocycles. The molecule has 0 radical (unpaired) electrons. The summed E-state index contributed by atoms with van der Waals surface area (Å²) in [4.78, 5) is 0. The van der Waals surface area contributed by atoms with Gasteiger partial charge in [-0.05, 0) is 19.1 Å². The lowest BCUT2D eigenvalue weighted by Gasteiger charge is -2.33. The van der Waals surface area contributed by atoms with Crippen molar-refractivity contribution in [3.05, 3.63) is 66.2 Å². The third-order valence-electron chi connectivity index (χ3n) is 3.45. The average molecular weight is 226 g/mol. The summed E-state index contributed by atoms with van der Waals surface area (Å²) in [6.07, 6.45) is 0. The monoisotopic (exact) mass is 226 g/mol. The first-order valence-electron chi connectivity index (χ1n) is 6.19. The molecule has 0 aliphatic rings. The molecular formula is C16H20N+. The second kappa shape index (κ2) is 5.15. The van der Waals surface area contributed by atoms with Crippen LogP contribution in [0, 0.1) is 0 Å². The van der Waals surface area contributed by atoms with Crippen molar-refractivity contribution in [1.82, 2.24) is 4.48 Å². The van der Waals surface area contributed by atoms with E-state index >= 15 is 0 Å². The molecule has 0 spiro atoms. The maximum absolute atomic E-state index is 2.29. The highest BCUT2D eigenvalue weighted by Crippen LogP contribution is 2.23. The molecule has 0 heterocycles. The van der Waals surface area contributed by atoms with E-state index in [1.807, 2.05) is 0 Å². The van der Waals surface area contributed by atoms with Crippen molar-refractivity contribution in [2.24, 2.45) is 0 Å². The molecule has 1 heteroatoms. The van der Waals surface area contributed by atoms with Crippen LogP contribution in [0.15, 0.2) is 60.7 Å². The average Bonchev–Trinajstić information content (AvgIpc) is 2.41. The Balaban J connectivity index is 2.27. The first kappa shape index (κ1) is 11.9. The maximum Gasteiger partial charge on any atom is 0.132 e. The Hall–Kier alpha value is -1.60. The van der Waals surface area contributed by atoms with Crippen LogP contribution in [0.4, 0.5) is 5.69 Å². The van der Waals surface area contributed by atoms with Gasteiger partial charge in [-0.3, -0.25) is 4.48 Å². The van der Waals surface area contributed by atoms with Gasteiger partial charge < -0.3 is 0 Å². The second-order valence-corrected chi connectivity index (χ2v) is 4.69. The van der Waals surface area contributed by atoms with Crippen LogP contribution >= 0.6 is 0 Å². The fraction of sp³-hybridized carbons (Fsp3) is 0.250. The van der Waals surface area contributed by atoms with Gasteiger partial charge in [0.15, 0.2) is 0 Å². The molecule has 0 aromatic heterocycles. The van der Waals surface area contributed by atoms with E-state index in [1.54, 1.807) is 0 Å². The molecular weight excluding hydrogens is 206 g/mol. The molecule has 1 atom stereocenters. The zero-order chi connectivity index (χ0) is 12.1. The van der Waals surface area contributed by atoms with Gasteiger partial charge in [-0.15, -0.1) is 0 Å². The molecule has 1 nitrogen and oxygen atoms in total. The Kier molecular flexibility index (Phi) is 3.60. The highest BCUT2D eigenvalue weighted by Gasteiger charge is 2.22. The zero-order valence-corrected chi connectivity index (χ0v) is 10.6. The summed E-state index contributed by atoms with van der Waals surface area (Å²) in [7, 11) is 2.29. The fourth-order valence-corrected chi connectivity index (χ4v) is 2.16. The smallest absolute Gasteiger partial charge is 0.132 e. The molecule has 0 N–H and O–H groups in total. The van der Waals surface area contributed by atoms with Crippen LogP contribution in [0.2, 0.25) is 0 Å². The predicted molar refractivity (Wildman–Crippen MR) is 74.8 cm³/mol. The number of nitrogens with zero attached hydrogens (tertiary/aromatic N) is 1. The van der Waals surface area contributed by atoms with Gasteiger partial charge in [0.05, 0.1) is 13.6 Å². The first-order chi connectivity index (χ1) is 8.24. The lowest BCUT2D eigenvalue weighted by Crippen LogP contribution is -2.43. The number of benzene rings is 2. The van der Waals surface area contributed by atoms with E-state index in [-0.39, 0.29) is 0 Å². The molecule has 17 heavy (non-hydrogen) atoms. The minimum absolute atomic E-state index is 0.949. The highest BCUT2D eigenvalue weighted by atomic mass is 15.3. The lowest BCUT2D eigenvalue weighted by molar-refractivity contribution is 0.339. The third-order valence-corrected chi connectivity index (χ3v) is 3.45. The quantitative estimate of drug-likeness (QED) is 0.695. The molecule has 88 valence electrons. The van der Waals surface area contributed by atoms with Crippen molar-refractivity contribution in [2.45, 2.75) is 13.5 Å². The Labute approximate surface area is 104 Å². The fourth-order valence-electron chi connectivity index (χ4n) is 2.16. The number of rotatable bonds is 4. The SMILES string of the molecule is CC[N+](C)(Cc1ccccc1)c1ccccc1. The molecule has 0 bridgehead atoms. The summed E-state index contributed by atoms with van der Waals surface area (Å²) in [6.45, 7) is 4.39. The maximum atomic E-state index is 2.29. The minimum atomic E-state index is 0.949. The van der Waals surface area contributed by atoms with Crippen LogP contribution in [-0.4, -0.2) is 13.6 Å². The predicted octanol–water partition coefficient (Wildman–Crippen LogP) is 3.84. The van der Waals surface area contributed by atoms with E-state index in [9.17, 15) is 0 Å².